The van der Waals surface area contributed by atoms with Crippen molar-refractivity contribution in [2.45, 2.75) is 38.1 Å². The molecule has 1 aliphatic carbocycles. The smallest absolute Gasteiger partial charge is 0.267 e. The number of hydrogen-bond donors (Lipinski definition) is 1. The van der Waals surface area contributed by atoms with Gasteiger partial charge in [-0.1, -0.05) is 0 Å². The Morgan fingerprint density at radius 1 is 1.27 bits per heavy atom. The molecule has 2 aromatic heterocycles. The van der Waals surface area contributed by atoms with Crippen molar-refractivity contribution >= 4 is 17.2 Å². The highest BCUT2D eigenvalue weighted by Crippen LogP contribution is 2.38. The first-order valence-corrected chi connectivity index (χ1v) is 10.9. The lowest BCUT2D eigenvalue weighted by Gasteiger charge is -2.14. The second-order valence-corrected chi connectivity index (χ2v) is 8.26. The molecule has 2 heterocycles. The molecule has 1 atom stereocenters. The van der Waals surface area contributed by atoms with Crippen LogP contribution in [0, 0.1) is 0 Å². The number of aromatic nitrogens is 3. The first kappa shape index (κ1) is 20.3. The number of nitrogens with zero attached hydrogens (tertiary/aromatic N) is 3. The van der Waals surface area contributed by atoms with Crippen LogP contribution in [0.4, 0.5) is 0 Å². The molecule has 0 spiro atoms. The van der Waals surface area contributed by atoms with Gasteiger partial charge in [-0.05, 0) is 50.1 Å². The maximum absolute atomic E-state index is 12.5. The van der Waals surface area contributed by atoms with Gasteiger partial charge in [-0.3, -0.25) is 9.59 Å². The van der Waals surface area contributed by atoms with Crippen molar-refractivity contribution in [2.24, 2.45) is 0 Å². The molecule has 3 aromatic rings. The van der Waals surface area contributed by atoms with Crippen LogP contribution in [-0.2, 0) is 11.2 Å². The highest BCUT2D eigenvalue weighted by atomic mass is 32.1. The minimum absolute atomic E-state index is 0.219. The lowest BCUT2D eigenvalue weighted by molar-refractivity contribution is -0.124. The SMILES string of the molecule is COc1ccc(-c2nc(CCNC(=O)C(C)n3nc(C4CC4)ccc3=O)cs2)cc1. The Morgan fingerprint density at radius 2 is 2.03 bits per heavy atom. The first-order valence-electron chi connectivity index (χ1n) is 10.0. The van der Waals surface area contributed by atoms with E-state index >= 15 is 0 Å². The maximum atomic E-state index is 12.5. The molecular weight excluding hydrogens is 400 g/mol. The first-order chi connectivity index (χ1) is 14.5. The summed E-state index contributed by atoms with van der Waals surface area (Å²) in [5.74, 6) is 1.02. The van der Waals surface area contributed by atoms with Crippen LogP contribution in [-0.4, -0.2) is 34.3 Å². The van der Waals surface area contributed by atoms with Crippen molar-refractivity contribution in [1.29, 1.82) is 0 Å². The van der Waals surface area contributed by atoms with Gasteiger partial charge in [0.15, 0.2) is 0 Å². The van der Waals surface area contributed by atoms with Gasteiger partial charge in [0.05, 0.1) is 18.5 Å². The predicted octanol–water partition coefficient (Wildman–Crippen LogP) is 3.17. The molecule has 8 heteroatoms. The number of carbonyl (C=O) groups is 1. The van der Waals surface area contributed by atoms with Gasteiger partial charge in [0, 0.05) is 35.9 Å². The molecule has 30 heavy (non-hydrogen) atoms. The summed E-state index contributed by atoms with van der Waals surface area (Å²) in [6, 6.07) is 10.4. The van der Waals surface area contributed by atoms with Crippen molar-refractivity contribution in [3.05, 3.63) is 63.5 Å². The Bertz CT molecular complexity index is 1090. The van der Waals surface area contributed by atoms with Crippen molar-refractivity contribution in [3.63, 3.8) is 0 Å². The van der Waals surface area contributed by atoms with Crippen LogP contribution in [0.3, 0.4) is 0 Å². The van der Waals surface area contributed by atoms with Crippen LogP contribution in [0.15, 0.2) is 46.6 Å². The van der Waals surface area contributed by atoms with Gasteiger partial charge in [-0.15, -0.1) is 11.3 Å². The van der Waals surface area contributed by atoms with E-state index in [9.17, 15) is 9.59 Å². The van der Waals surface area contributed by atoms with E-state index in [0.717, 1.165) is 40.6 Å². The number of thiazole rings is 1. The minimum Gasteiger partial charge on any atom is -0.497 e. The van der Waals surface area contributed by atoms with Crippen molar-refractivity contribution in [1.82, 2.24) is 20.1 Å². The molecule has 0 saturated heterocycles. The van der Waals surface area contributed by atoms with Gasteiger partial charge in [0.2, 0.25) is 5.91 Å². The highest BCUT2D eigenvalue weighted by molar-refractivity contribution is 7.13. The van der Waals surface area contributed by atoms with Crippen molar-refractivity contribution in [2.75, 3.05) is 13.7 Å². The number of rotatable bonds is 8. The molecule has 0 radical (unpaired) electrons. The summed E-state index contributed by atoms with van der Waals surface area (Å²) in [6.45, 7) is 2.15. The molecule has 1 fully saturated rings. The Hall–Kier alpha value is -3.00. The highest BCUT2D eigenvalue weighted by Gasteiger charge is 2.27. The molecule has 1 saturated carbocycles. The number of amides is 1. The van der Waals surface area contributed by atoms with Gasteiger partial charge >= 0.3 is 0 Å². The van der Waals surface area contributed by atoms with E-state index in [1.165, 1.54) is 10.7 Å². The van der Waals surface area contributed by atoms with Crippen LogP contribution in [0.25, 0.3) is 10.6 Å². The quantitative estimate of drug-likeness (QED) is 0.600. The zero-order valence-electron chi connectivity index (χ0n) is 17.0. The molecular formula is C22H24N4O3S. The van der Waals surface area contributed by atoms with E-state index in [-0.39, 0.29) is 11.5 Å². The van der Waals surface area contributed by atoms with Crippen LogP contribution < -0.4 is 15.6 Å². The standard InChI is InChI=1S/C22H24N4O3S/c1-14(26-20(27)10-9-19(25-26)15-3-4-15)21(28)23-12-11-17-13-30-22(24-17)16-5-7-18(29-2)8-6-16/h5-10,13-15H,3-4,11-12H2,1-2H3,(H,23,28). The fourth-order valence-electron chi connectivity index (χ4n) is 3.17. The number of nitrogens with one attached hydrogen (secondary N) is 1. The summed E-state index contributed by atoms with van der Waals surface area (Å²) in [6.07, 6.45) is 2.81. The second kappa shape index (κ2) is 8.79. The molecule has 1 amide bonds. The van der Waals surface area contributed by atoms with E-state index in [2.05, 4.69) is 15.4 Å². The second-order valence-electron chi connectivity index (χ2n) is 7.40. The topological polar surface area (TPSA) is 86.1 Å². The van der Waals surface area contributed by atoms with E-state index in [0.29, 0.717) is 18.9 Å². The third-order valence-electron chi connectivity index (χ3n) is 5.16. The summed E-state index contributed by atoms with van der Waals surface area (Å²) in [5.41, 5.74) is 2.59. The number of methoxy groups -OCH3 is 1. The zero-order chi connectivity index (χ0) is 21.1. The van der Waals surface area contributed by atoms with Crippen LogP contribution in [0.1, 0.15) is 43.1 Å². The van der Waals surface area contributed by atoms with E-state index < -0.39 is 6.04 Å². The average Bonchev–Trinajstić information content (AvgIpc) is 3.51. The Balaban J connectivity index is 1.33. The predicted molar refractivity (Wildman–Crippen MR) is 116 cm³/mol. The lowest BCUT2D eigenvalue weighted by Crippen LogP contribution is -2.38. The molecule has 1 N–H and O–H groups in total. The van der Waals surface area contributed by atoms with Crippen molar-refractivity contribution in [3.8, 4) is 16.3 Å². The zero-order valence-corrected chi connectivity index (χ0v) is 17.8. The third-order valence-corrected chi connectivity index (χ3v) is 6.10. The van der Waals surface area contributed by atoms with E-state index in [4.69, 9.17) is 4.74 Å². The van der Waals surface area contributed by atoms with Crippen LogP contribution in [0.5, 0.6) is 5.75 Å². The van der Waals surface area contributed by atoms with Gasteiger partial charge in [-0.25, -0.2) is 9.67 Å². The summed E-state index contributed by atoms with van der Waals surface area (Å²) in [5, 5.41) is 10.2. The molecule has 1 aromatic carbocycles. The van der Waals surface area contributed by atoms with Gasteiger partial charge in [0.1, 0.15) is 16.8 Å². The summed E-state index contributed by atoms with van der Waals surface area (Å²) >= 11 is 1.57. The Kier molecular flexibility index (Phi) is 5.94. The normalized spacial score (nSPS) is 14.3. The molecule has 0 bridgehead atoms. The summed E-state index contributed by atoms with van der Waals surface area (Å²) in [4.78, 5) is 29.3. The van der Waals surface area contributed by atoms with E-state index in [1.807, 2.05) is 29.6 Å². The largest absolute Gasteiger partial charge is 0.497 e. The van der Waals surface area contributed by atoms with Crippen LogP contribution >= 0.6 is 11.3 Å². The van der Waals surface area contributed by atoms with E-state index in [1.54, 1.807) is 31.4 Å². The minimum atomic E-state index is -0.651. The maximum Gasteiger partial charge on any atom is 0.267 e. The van der Waals surface area contributed by atoms with Gasteiger partial charge in [-0.2, -0.15) is 5.10 Å². The monoisotopic (exact) mass is 424 g/mol. The fourth-order valence-corrected chi connectivity index (χ4v) is 4.04. The fraction of sp³-hybridized carbons (Fsp3) is 0.364. The third kappa shape index (κ3) is 4.59. The Labute approximate surface area is 178 Å². The summed E-state index contributed by atoms with van der Waals surface area (Å²) in [7, 11) is 1.64. The van der Waals surface area contributed by atoms with Crippen LogP contribution in [0.2, 0.25) is 0 Å². The Morgan fingerprint density at radius 3 is 2.73 bits per heavy atom. The number of carbonyl (C=O) groups excluding carboxylic acids is 1. The lowest BCUT2D eigenvalue weighted by atomic mass is 10.2. The van der Waals surface area contributed by atoms with Gasteiger partial charge < -0.3 is 10.1 Å². The molecule has 4 rings (SSSR count). The van der Waals surface area contributed by atoms with Gasteiger partial charge in [0.25, 0.3) is 5.56 Å². The van der Waals surface area contributed by atoms with Crippen molar-refractivity contribution < 1.29 is 9.53 Å². The molecule has 1 unspecified atom stereocenters. The summed E-state index contributed by atoms with van der Waals surface area (Å²) < 4.78 is 6.47. The number of benzene rings is 1. The molecule has 156 valence electrons. The number of ether oxygens (including phenoxy) is 1. The average molecular weight is 425 g/mol. The molecule has 0 aliphatic heterocycles. The number of hydrogen-bond acceptors (Lipinski definition) is 6. The molecule has 1 aliphatic rings. The molecule has 7 nitrogen and oxygen atoms in total.